The summed E-state index contributed by atoms with van der Waals surface area (Å²) in [5.74, 6) is -0.0338. The molecule has 4 aromatic rings. The minimum atomic E-state index is -3.93. The third-order valence-electron chi connectivity index (χ3n) is 7.21. The van der Waals surface area contributed by atoms with Crippen LogP contribution in [0.15, 0.2) is 41.7 Å². The Morgan fingerprint density at radius 1 is 1.10 bits per heavy atom. The number of anilines is 1. The second kappa shape index (κ2) is 11.0. The van der Waals surface area contributed by atoms with Crippen molar-refractivity contribution in [2.75, 3.05) is 11.9 Å². The lowest BCUT2D eigenvalue weighted by Crippen LogP contribution is -2.33. The molecule has 0 amide bonds. The first-order valence-electron chi connectivity index (χ1n) is 13.0. The number of rotatable bonds is 9. The molecule has 218 valence electrons. The minimum absolute atomic E-state index is 0.0895. The Morgan fingerprint density at radius 3 is 2.56 bits per heavy atom. The number of hydrogen-bond donors (Lipinski definition) is 5. The Kier molecular flexibility index (Phi) is 7.39. The topological polar surface area (TPSA) is 202 Å². The second-order valence-corrected chi connectivity index (χ2v) is 11.8. The molecule has 41 heavy (non-hydrogen) atoms. The highest BCUT2D eigenvalue weighted by Gasteiger charge is 2.44. The maximum absolute atomic E-state index is 13.2. The summed E-state index contributed by atoms with van der Waals surface area (Å²) in [6.07, 6.45) is 2.24. The summed E-state index contributed by atoms with van der Waals surface area (Å²) >= 11 is 0. The molecular formula is C24H28FN9O6S. The Bertz CT molecular complexity index is 1640. The number of aliphatic hydroxyl groups excluding tert-OH is 3. The molecule has 1 saturated heterocycles. The molecule has 1 aliphatic heterocycles. The molecule has 4 heterocycles. The largest absolute Gasteiger partial charge is 0.394 e. The number of hydrogen-bond acceptors (Lipinski definition) is 12. The zero-order chi connectivity index (χ0) is 28.7. The number of aromatic nitrogens is 7. The van der Waals surface area contributed by atoms with Crippen molar-refractivity contribution in [3.8, 4) is 5.95 Å². The molecular weight excluding hydrogens is 561 g/mol. The molecule has 15 nitrogen and oxygen atoms in total. The molecule has 1 aliphatic carbocycles. The van der Waals surface area contributed by atoms with E-state index in [0.717, 1.165) is 49.9 Å². The van der Waals surface area contributed by atoms with Crippen LogP contribution in [0.2, 0.25) is 0 Å². The summed E-state index contributed by atoms with van der Waals surface area (Å²) in [6.45, 7) is -0.682. The molecule has 1 saturated carbocycles. The molecule has 17 heteroatoms. The highest BCUT2D eigenvalue weighted by Crippen LogP contribution is 2.33. The third kappa shape index (κ3) is 5.39. The summed E-state index contributed by atoms with van der Waals surface area (Å²) in [5, 5.41) is 41.9. The number of fused-ring (bicyclic) bond motifs is 1. The van der Waals surface area contributed by atoms with Gasteiger partial charge in [-0.2, -0.15) is 14.6 Å². The third-order valence-corrected chi connectivity index (χ3v) is 8.63. The molecule has 0 bridgehead atoms. The van der Waals surface area contributed by atoms with Crippen LogP contribution in [-0.4, -0.2) is 89.2 Å². The zero-order valence-corrected chi connectivity index (χ0v) is 22.4. The number of benzene rings is 1. The Balaban J connectivity index is 1.31. The maximum atomic E-state index is 13.2. The van der Waals surface area contributed by atoms with Gasteiger partial charge in [0, 0.05) is 6.04 Å². The van der Waals surface area contributed by atoms with Gasteiger partial charge < -0.3 is 25.4 Å². The predicted molar refractivity (Wildman–Crippen MR) is 140 cm³/mol. The van der Waals surface area contributed by atoms with Gasteiger partial charge in [-0.05, 0) is 37.1 Å². The highest BCUT2D eigenvalue weighted by atomic mass is 32.2. The fraction of sp³-hybridized carbons (Fsp3) is 0.458. The molecule has 0 radical (unpaired) electrons. The van der Waals surface area contributed by atoms with E-state index in [9.17, 15) is 28.1 Å². The molecule has 2 aliphatic rings. The van der Waals surface area contributed by atoms with Crippen LogP contribution in [-0.2, 0) is 21.3 Å². The van der Waals surface area contributed by atoms with Crippen molar-refractivity contribution in [3.05, 3.63) is 48.3 Å². The molecule has 1 aromatic carbocycles. The van der Waals surface area contributed by atoms with Crippen molar-refractivity contribution in [1.29, 1.82) is 0 Å². The van der Waals surface area contributed by atoms with Gasteiger partial charge in [0.1, 0.15) is 24.1 Å². The van der Waals surface area contributed by atoms with E-state index in [1.165, 1.54) is 21.8 Å². The lowest BCUT2D eigenvalue weighted by Gasteiger charge is -2.17. The Morgan fingerprint density at radius 2 is 1.85 bits per heavy atom. The van der Waals surface area contributed by atoms with Crippen molar-refractivity contribution in [2.45, 2.75) is 67.7 Å². The van der Waals surface area contributed by atoms with Crippen molar-refractivity contribution < 1.29 is 32.9 Å². The van der Waals surface area contributed by atoms with E-state index in [1.807, 2.05) is 0 Å². The van der Waals surface area contributed by atoms with Gasteiger partial charge in [0.2, 0.25) is 10.0 Å². The van der Waals surface area contributed by atoms with Gasteiger partial charge >= 0.3 is 0 Å². The first-order chi connectivity index (χ1) is 19.7. The molecule has 5 N–H and O–H groups in total. The van der Waals surface area contributed by atoms with Gasteiger partial charge in [0.15, 0.2) is 23.2 Å². The van der Waals surface area contributed by atoms with E-state index in [4.69, 9.17) is 4.74 Å². The minimum Gasteiger partial charge on any atom is -0.394 e. The fourth-order valence-electron chi connectivity index (χ4n) is 5.01. The van der Waals surface area contributed by atoms with Crippen molar-refractivity contribution in [1.82, 2.24) is 39.2 Å². The van der Waals surface area contributed by atoms with Gasteiger partial charge in [0.25, 0.3) is 5.95 Å². The smallest absolute Gasteiger partial charge is 0.256 e. The number of imidazole rings is 1. The van der Waals surface area contributed by atoms with Gasteiger partial charge in [-0.15, -0.1) is 5.10 Å². The second-order valence-electron chi connectivity index (χ2n) is 9.98. The number of nitrogens with one attached hydrogen (secondary N) is 2. The predicted octanol–water partition coefficient (Wildman–Crippen LogP) is -0.00940. The van der Waals surface area contributed by atoms with Crippen LogP contribution in [0.1, 0.15) is 37.6 Å². The normalized spacial score (nSPS) is 23.5. The average molecular weight is 590 g/mol. The monoisotopic (exact) mass is 589 g/mol. The van der Waals surface area contributed by atoms with Crippen LogP contribution in [0, 0.1) is 5.82 Å². The number of halogens is 1. The summed E-state index contributed by atoms with van der Waals surface area (Å²) in [4.78, 5) is 13.5. The van der Waals surface area contributed by atoms with E-state index < -0.39 is 47.0 Å². The van der Waals surface area contributed by atoms with Crippen LogP contribution in [0.5, 0.6) is 0 Å². The van der Waals surface area contributed by atoms with Gasteiger partial charge in [-0.25, -0.2) is 22.5 Å². The summed E-state index contributed by atoms with van der Waals surface area (Å²) < 4.78 is 49.2. The standard InChI is InChI=1S/C24H28FN9O6S/c25-13-5-7-16(8-6-13)41(38,39)27-9-15-10-34(32-31-15)24-29-21(28-14-3-1-2-4-14)18-22(30-24)33(12-26-18)23-20(37)19(36)17(11-35)40-23/h5-8,10,12,14,17,19-20,23,27,35-37H,1-4,9,11H2,(H,28,29,30)/t17-,19-,20+,23?/m1/s1. The molecule has 3 aromatic heterocycles. The number of nitrogens with zero attached hydrogens (tertiary/aromatic N) is 7. The van der Waals surface area contributed by atoms with Crippen LogP contribution in [0.3, 0.4) is 0 Å². The van der Waals surface area contributed by atoms with E-state index in [1.54, 1.807) is 0 Å². The lowest BCUT2D eigenvalue weighted by molar-refractivity contribution is -0.0511. The molecule has 1 unspecified atom stereocenters. The van der Waals surface area contributed by atoms with E-state index in [0.29, 0.717) is 11.3 Å². The van der Waals surface area contributed by atoms with Crippen LogP contribution in [0.4, 0.5) is 10.2 Å². The van der Waals surface area contributed by atoms with Crippen LogP contribution < -0.4 is 10.0 Å². The SMILES string of the molecule is O=S(=O)(NCc1cn(-c2nc(NC3CCCC3)c3ncn(C4O[C@H](CO)[C@@H](O)[C@@H]4O)c3n2)nn1)c1ccc(F)cc1. The maximum Gasteiger partial charge on any atom is 0.256 e. The molecule has 2 fully saturated rings. The van der Waals surface area contributed by atoms with Crippen LogP contribution in [0.25, 0.3) is 17.1 Å². The first kappa shape index (κ1) is 27.6. The van der Waals surface area contributed by atoms with Gasteiger partial charge in [0.05, 0.1) is 36.3 Å². The van der Waals surface area contributed by atoms with Crippen molar-refractivity contribution >= 4 is 27.0 Å². The summed E-state index contributed by atoms with van der Waals surface area (Å²) in [6, 6.07) is 4.60. The Hall–Kier alpha value is -3.61. The first-order valence-corrected chi connectivity index (χ1v) is 14.5. The summed E-state index contributed by atoms with van der Waals surface area (Å²) in [5.41, 5.74) is 0.951. The van der Waals surface area contributed by atoms with E-state index >= 15 is 0 Å². The number of ether oxygens (including phenoxy) is 1. The average Bonchev–Trinajstić information content (AvgIpc) is 3.76. The number of sulfonamides is 1. The quantitative estimate of drug-likeness (QED) is 0.175. The molecule has 6 rings (SSSR count). The van der Waals surface area contributed by atoms with Crippen LogP contribution >= 0.6 is 0 Å². The van der Waals surface area contributed by atoms with Crippen molar-refractivity contribution in [2.24, 2.45) is 0 Å². The lowest BCUT2D eigenvalue weighted by atomic mass is 10.1. The van der Waals surface area contributed by atoms with E-state index in [2.05, 4.69) is 35.3 Å². The highest BCUT2D eigenvalue weighted by molar-refractivity contribution is 7.89. The van der Waals surface area contributed by atoms with Gasteiger partial charge in [-0.1, -0.05) is 18.1 Å². The zero-order valence-electron chi connectivity index (χ0n) is 21.6. The van der Waals surface area contributed by atoms with E-state index in [-0.39, 0.29) is 34.8 Å². The molecule has 0 spiro atoms. The molecule has 4 atom stereocenters. The Labute approximate surface area is 233 Å². The van der Waals surface area contributed by atoms with Crippen molar-refractivity contribution in [3.63, 3.8) is 0 Å². The summed E-state index contributed by atoms with van der Waals surface area (Å²) in [7, 11) is -3.93. The fourth-order valence-corrected chi connectivity index (χ4v) is 6.01. The van der Waals surface area contributed by atoms with Gasteiger partial charge in [-0.3, -0.25) is 4.57 Å². The number of aliphatic hydroxyl groups is 3.